The van der Waals surface area contributed by atoms with Crippen molar-refractivity contribution >= 4 is 23.9 Å². The molecule has 0 atom stereocenters. The normalized spacial score (nSPS) is 10.8. The minimum atomic E-state index is -0.774. The zero-order chi connectivity index (χ0) is 24.6. The van der Waals surface area contributed by atoms with Gasteiger partial charge in [0.05, 0.1) is 24.8 Å². The molecule has 1 N–H and O–H groups in total. The molecule has 0 aliphatic heterocycles. The molecule has 0 saturated heterocycles. The topological polar surface area (TPSA) is 113 Å². The number of hydrogen-bond acceptors (Lipinski definition) is 7. The predicted molar refractivity (Wildman–Crippen MR) is 127 cm³/mol. The number of carbonyl (C=O) groups is 3. The lowest BCUT2D eigenvalue weighted by atomic mass is 10.1. The molecule has 0 bridgehead atoms. The molecule has 9 nitrogen and oxygen atoms in total. The highest BCUT2D eigenvalue weighted by atomic mass is 16.5. The molecule has 2 amide bonds. The van der Waals surface area contributed by atoms with Gasteiger partial charge in [0.25, 0.3) is 11.8 Å². The minimum Gasteiger partial charge on any atom is -0.497 e. The smallest absolute Gasteiger partial charge is 0.331 e. The van der Waals surface area contributed by atoms with Gasteiger partial charge in [0, 0.05) is 23.4 Å². The third-order valence-electron chi connectivity index (χ3n) is 4.87. The highest BCUT2D eigenvalue weighted by Crippen LogP contribution is 2.26. The summed E-state index contributed by atoms with van der Waals surface area (Å²) in [4.78, 5) is 35.9. The lowest BCUT2D eigenvalue weighted by Crippen LogP contribution is -2.33. The van der Waals surface area contributed by atoms with Gasteiger partial charge < -0.3 is 13.9 Å². The maximum atomic E-state index is 12.2. The summed E-state index contributed by atoms with van der Waals surface area (Å²) in [5, 5.41) is 6.75. The third-order valence-corrected chi connectivity index (χ3v) is 4.87. The van der Waals surface area contributed by atoms with E-state index < -0.39 is 24.4 Å². The molecular weight excluding hydrogens is 450 g/mol. The molecule has 176 valence electrons. The molecule has 0 spiro atoms. The quantitative estimate of drug-likeness (QED) is 0.308. The lowest BCUT2D eigenvalue weighted by Gasteiger charge is -2.03. The number of nitrogens with zero attached hydrogens (tertiary/aromatic N) is 2. The number of furan rings is 1. The fraction of sp³-hybridized carbons (Fsp3) is 0.0769. The van der Waals surface area contributed by atoms with Crippen molar-refractivity contribution in [2.24, 2.45) is 0 Å². The number of hydrogen-bond donors (Lipinski definition) is 1. The van der Waals surface area contributed by atoms with E-state index in [1.54, 1.807) is 24.1 Å². The van der Waals surface area contributed by atoms with Crippen LogP contribution in [0.5, 0.6) is 5.75 Å². The van der Waals surface area contributed by atoms with Gasteiger partial charge >= 0.3 is 5.97 Å². The Kier molecular flexibility index (Phi) is 7.17. The van der Waals surface area contributed by atoms with Crippen LogP contribution in [0, 0.1) is 0 Å². The van der Waals surface area contributed by atoms with Crippen molar-refractivity contribution in [1.29, 1.82) is 0 Å². The SMILES string of the molecule is COc1ccc(-c2nn(-c3ccccc3)cc2/C=C/C(=O)OCC(=O)NC(=O)c2ccco2)cc1. The van der Waals surface area contributed by atoms with Crippen LogP contribution in [0.3, 0.4) is 0 Å². The highest BCUT2D eigenvalue weighted by molar-refractivity contribution is 6.04. The van der Waals surface area contributed by atoms with Crippen molar-refractivity contribution in [3.05, 3.63) is 96.6 Å². The van der Waals surface area contributed by atoms with Gasteiger partial charge in [-0.2, -0.15) is 5.10 Å². The van der Waals surface area contributed by atoms with E-state index in [9.17, 15) is 14.4 Å². The Labute approximate surface area is 200 Å². The summed E-state index contributed by atoms with van der Waals surface area (Å²) in [7, 11) is 1.59. The monoisotopic (exact) mass is 471 g/mol. The Balaban J connectivity index is 1.47. The van der Waals surface area contributed by atoms with Gasteiger partial charge in [-0.3, -0.25) is 14.9 Å². The molecule has 4 aromatic rings. The summed E-state index contributed by atoms with van der Waals surface area (Å²) < 4.78 is 16.8. The fourth-order valence-electron chi connectivity index (χ4n) is 3.17. The number of benzene rings is 2. The summed E-state index contributed by atoms with van der Waals surface area (Å²) in [6.07, 6.45) is 5.85. The van der Waals surface area contributed by atoms with Crippen molar-refractivity contribution < 1.29 is 28.3 Å². The molecule has 0 radical (unpaired) electrons. The van der Waals surface area contributed by atoms with Crippen LogP contribution in [0.25, 0.3) is 23.0 Å². The van der Waals surface area contributed by atoms with Crippen LogP contribution in [0.4, 0.5) is 0 Å². The summed E-state index contributed by atoms with van der Waals surface area (Å²) in [5.74, 6) is -1.56. The number of methoxy groups -OCH3 is 1. The molecule has 0 unspecified atom stereocenters. The Morgan fingerprint density at radius 1 is 1.03 bits per heavy atom. The van der Waals surface area contributed by atoms with Crippen molar-refractivity contribution in [2.75, 3.05) is 13.7 Å². The number of esters is 1. The Hall–Kier alpha value is -4.92. The average molecular weight is 471 g/mol. The standard InChI is InChI=1S/C26H21N3O6/c1-33-21-12-9-18(10-13-21)25-19(16-29(28-25)20-6-3-2-4-7-20)11-14-24(31)35-17-23(30)27-26(32)22-8-5-15-34-22/h2-16H,17H2,1H3,(H,27,30,32)/b14-11+. The number of nitrogens with one attached hydrogen (secondary N) is 1. The van der Waals surface area contributed by atoms with Gasteiger partial charge in [-0.15, -0.1) is 0 Å². The van der Waals surface area contributed by atoms with E-state index >= 15 is 0 Å². The molecule has 0 saturated carbocycles. The molecule has 0 aliphatic carbocycles. The van der Waals surface area contributed by atoms with E-state index in [0.29, 0.717) is 17.0 Å². The van der Waals surface area contributed by atoms with Gasteiger partial charge in [0.2, 0.25) is 0 Å². The van der Waals surface area contributed by atoms with Crippen LogP contribution in [0.2, 0.25) is 0 Å². The largest absolute Gasteiger partial charge is 0.497 e. The third kappa shape index (κ3) is 5.91. The van der Waals surface area contributed by atoms with E-state index in [2.05, 4.69) is 10.4 Å². The van der Waals surface area contributed by atoms with Crippen LogP contribution >= 0.6 is 0 Å². The van der Waals surface area contributed by atoms with E-state index in [1.165, 1.54) is 24.5 Å². The number of imide groups is 1. The van der Waals surface area contributed by atoms with Gasteiger partial charge in [0.15, 0.2) is 12.4 Å². The van der Waals surface area contributed by atoms with Crippen molar-refractivity contribution in [2.45, 2.75) is 0 Å². The van der Waals surface area contributed by atoms with E-state index in [-0.39, 0.29) is 5.76 Å². The van der Waals surface area contributed by atoms with Gasteiger partial charge in [-0.1, -0.05) is 18.2 Å². The van der Waals surface area contributed by atoms with Crippen molar-refractivity contribution in [1.82, 2.24) is 15.1 Å². The number of carbonyl (C=O) groups excluding carboxylic acids is 3. The number of amides is 2. The van der Waals surface area contributed by atoms with Crippen LogP contribution in [0.15, 0.2) is 89.7 Å². The van der Waals surface area contributed by atoms with Crippen LogP contribution < -0.4 is 10.1 Å². The molecule has 9 heteroatoms. The maximum absolute atomic E-state index is 12.2. The first-order chi connectivity index (χ1) is 17.0. The van der Waals surface area contributed by atoms with Gasteiger partial charge in [-0.25, -0.2) is 9.48 Å². The summed E-state index contributed by atoms with van der Waals surface area (Å²) in [5.41, 5.74) is 2.97. The second-order valence-corrected chi connectivity index (χ2v) is 7.24. The Bertz CT molecular complexity index is 1340. The number of para-hydroxylation sites is 1. The minimum absolute atomic E-state index is 0.0222. The van der Waals surface area contributed by atoms with Crippen LogP contribution in [-0.2, 0) is 14.3 Å². The van der Waals surface area contributed by atoms with Crippen LogP contribution in [-0.4, -0.2) is 41.3 Å². The Morgan fingerprint density at radius 2 is 1.80 bits per heavy atom. The number of ether oxygens (including phenoxy) is 2. The van der Waals surface area contributed by atoms with Gasteiger partial charge in [-0.05, 0) is 54.6 Å². The van der Waals surface area contributed by atoms with Crippen LogP contribution in [0.1, 0.15) is 16.1 Å². The maximum Gasteiger partial charge on any atom is 0.331 e. The zero-order valence-electron chi connectivity index (χ0n) is 18.7. The molecule has 4 rings (SSSR count). The Morgan fingerprint density at radius 3 is 2.49 bits per heavy atom. The molecular formula is C26H21N3O6. The summed E-state index contributed by atoms with van der Waals surface area (Å²) >= 11 is 0. The second-order valence-electron chi connectivity index (χ2n) is 7.24. The first-order valence-electron chi connectivity index (χ1n) is 10.6. The summed E-state index contributed by atoms with van der Waals surface area (Å²) in [6, 6.07) is 19.8. The molecule has 2 aromatic heterocycles. The van der Waals surface area contributed by atoms with E-state index in [0.717, 1.165) is 11.3 Å². The molecule has 0 aliphatic rings. The second kappa shape index (κ2) is 10.8. The highest BCUT2D eigenvalue weighted by Gasteiger charge is 2.15. The van der Waals surface area contributed by atoms with E-state index in [4.69, 9.17) is 13.9 Å². The number of aromatic nitrogens is 2. The predicted octanol–water partition coefficient (Wildman–Crippen LogP) is 3.65. The van der Waals surface area contributed by atoms with Crippen molar-refractivity contribution in [3.8, 4) is 22.7 Å². The van der Waals surface area contributed by atoms with Gasteiger partial charge in [0.1, 0.15) is 5.75 Å². The first-order valence-corrected chi connectivity index (χ1v) is 10.6. The van der Waals surface area contributed by atoms with E-state index in [1.807, 2.05) is 54.6 Å². The number of rotatable bonds is 8. The molecule has 0 fully saturated rings. The molecule has 2 heterocycles. The average Bonchev–Trinajstić information content (AvgIpc) is 3.58. The first kappa shape index (κ1) is 23.2. The molecule has 2 aromatic carbocycles. The van der Waals surface area contributed by atoms with Crippen molar-refractivity contribution in [3.63, 3.8) is 0 Å². The molecule has 35 heavy (non-hydrogen) atoms. The zero-order valence-corrected chi connectivity index (χ0v) is 18.7. The summed E-state index contributed by atoms with van der Waals surface area (Å²) in [6.45, 7) is -0.621. The fourth-order valence-corrected chi connectivity index (χ4v) is 3.17. The lowest BCUT2D eigenvalue weighted by molar-refractivity contribution is -0.143.